The molecule has 2 fully saturated rings. The van der Waals surface area contributed by atoms with Gasteiger partial charge in [-0.15, -0.1) is 0 Å². The van der Waals surface area contributed by atoms with Crippen LogP contribution in [-0.4, -0.2) is 56.2 Å². The number of anilines is 1. The molecule has 4 heterocycles. The van der Waals surface area contributed by atoms with Crippen LogP contribution >= 0.6 is 0 Å². The molecule has 2 saturated heterocycles. The number of ether oxygens (including phenoxy) is 3. The molecule has 0 unspecified atom stereocenters. The van der Waals surface area contributed by atoms with Gasteiger partial charge in [-0.3, -0.25) is 9.36 Å². The van der Waals surface area contributed by atoms with Gasteiger partial charge in [-0.05, 0) is 26.0 Å². The summed E-state index contributed by atoms with van der Waals surface area (Å²) in [6, 6.07) is 8.79. The van der Waals surface area contributed by atoms with Gasteiger partial charge in [0.25, 0.3) is 5.91 Å². The van der Waals surface area contributed by atoms with Crippen molar-refractivity contribution in [2.75, 3.05) is 12.0 Å². The van der Waals surface area contributed by atoms with Gasteiger partial charge in [-0.1, -0.05) is 18.2 Å². The smallest absolute Gasteiger partial charge is 0.256 e. The molecule has 5 rings (SSSR count). The van der Waals surface area contributed by atoms with Crippen LogP contribution in [0.2, 0.25) is 0 Å². The first-order valence-electron chi connectivity index (χ1n) is 9.58. The number of nitrogens with zero attached hydrogens (tertiary/aromatic N) is 4. The Kier molecular flexibility index (Phi) is 4.49. The summed E-state index contributed by atoms with van der Waals surface area (Å²) in [7, 11) is 0. The zero-order chi connectivity index (χ0) is 20.9. The first-order valence-corrected chi connectivity index (χ1v) is 9.58. The minimum atomic E-state index is -0.842. The molecule has 30 heavy (non-hydrogen) atoms. The molecule has 0 aliphatic carbocycles. The van der Waals surface area contributed by atoms with E-state index in [-0.39, 0.29) is 11.7 Å². The lowest BCUT2D eigenvalue weighted by Gasteiger charge is -2.24. The molecule has 0 saturated carbocycles. The predicted molar refractivity (Wildman–Crippen MR) is 103 cm³/mol. The number of nitrogens with one attached hydrogen (secondary N) is 1. The van der Waals surface area contributed by atoms with Crippen LogP contribution in [0, 0.1) is 0 Å². The van der Waals surface area contributed by atoms with Crippen molar-refractivity contribution in [3.05, 3.63) is 48.5 Å². The summed E-state index contributed by atoms with van der Waals surface area (Å²) < 4.78 is 32.8. The number of carbonyl (C=O) groups excluding carboxylic acids is 1. The Morgan fingerprint density at radius 3 is 2.70 bits per heavy atom. The molecule has 0 bridgehead atoms. The average Bonchev–Trinajstić information content (AvgIpc) is 3.39. The van der Waals surface area contributed by atoms with Gasteiger partial charge in [0.05, 0.1) is 6.33 Å². The number of fused-ring (bicyclic) bond motifs is 2. The average molecular weight is 413 g/mol. The van der Waals surface area contributed by atoms with Crippen molar-refractivity contribution in [3.8, 4) is 0 Å². The molecule has 1 N–H and O–H groups in total. The number of rotatable bonds is 4. The van der Waals surface area contributed by atoms with Crippen LogP contribution in [0.1, 0.15) is 30.4 Å². The molecule has 2 aromatic heterocycles. The summed E-state index contributed by atoms with van der Waals surface area (Å²) in [5.74, 6) is -0.882. The SMILES string of the molecule is CC1(C)O[C@@H]2[C@H](O1)[C@@H](CF)O[C@H]2n1cnc2c(NC(=O)c3ccccc3)ncnc21. The standard InChI is InChI=1S/C20H20FN5O4/c1-20(2)29-14-12(8-21)28-19(15(14)30-20)26-10-24-13-16(22-9-23-17(13)26)25-18(27)11-6-4-3-5-7-11/h3-7,9-10,12,14-15,19H,8H2,1-2H3,(H,22,23,25,27)/t12-,14-,15-,19-/m1/s1. The zero-order valence-corrected chi connectivity index (χ0v) is 16.4. The molecule has 2 aliphatic rings. The van der Waals surface area contributed by atoms with E-state index >= 15 is 0 Å². The normalized spacial score (nSPS) is 27.3. The number of carbonyl (C=O) groups is 1. The van der Waals surface area contributed by atoms with Crippen LogP contribution in [0.15, 0.2) is 43.0 Å². The molecule has 1 amide bonds. The second-order valence-electron chi connectivity index (χ2n) is 7.65. The Balaban J connectivity index is 1.47. The lowest BCUT2D eigenvalue weighted by Crippen LogP contribution is -2.30. The Bertz CT molecular complexity index is 1090. The van der Waals surface area contributed by atoms with Crippen molar-refractivity contribution >= 4 is 22.9 Å². The molecule has 2 aliphatic heterocycles. The van der Waals surface area contributed by atoms with Gasteiger partial charge in [-0.25, -0.2) is 19.3 Å². The van der Waals surface area contributed by atoms with E-state index in [1.807, 2.05) is 6.07 Å². The number of hydrogen-bond donors (Lipinski definition) is 1. The minimum Gasteiger partial charge on any atom is -0.346 e. The maximum atomic E-state index is 13.5. The molecule has 0 radical (unpaired) electrons. The van der Waals surface area contributed by atoms with E-state index in [1.165, 1.54) is 12.7 Å². The van der Waals surface area contributed by atoms with Gasteiger partial charge >= 0.3 is 0 Å². The first kappa shape index (κ1) is 19.0. The van der Waals surface area contributed by atoms with E-state index in [2.05, 4.69) is 20.3 Å². The molecular formula is C20H20FN5O4. The highest BCUT2D eigenvalue weighted by Gasteiger charge is 2.56. The van der Waals surface area contributed by atoms with Gasteiger partial charge in [0.2, 0.25) is 0 Å². The predicted octanol–water partition coefficient (Wildman–Crippen LogP) is 2.47. The molecule has 0 spiro atoms. The van der Waals surface area contributed by atoms with Crippen LogP contribution in [0.5, 0.6) is 0 Å². The first-order chi connectivity index (χ1) is 14.5. The van der Waals surface area contributed by atoms with E-state index in [0.717, 1.165) is 0 Å². The topological polar surface area (TPSA) is 100 Å². The highest BCUT2D eigenvalue weighted by Crippen LogP contribution is 2.43. The lowest BCUT2D eigenvalue weighted by molar-refractivity contribution is -0.197. The molecule has 9 nitrogen and oxygen atoms in total. The zero-order valence-electron chi connectivity index (χ0n) is 16.4. The van der Waals surface area contributed by atoms with Gasteiger partial charge < -0.3 is 19.5 Å². The summed E-state index contributed by atoms with van der Waals surface area (Å²) in [6.07, 6.45) is 0.375. The third-order valence-corrected chi connectivity index (χ3v) is 5.18. The summed E-state index contributed by atoms with van der Waals surface area (Å²) in [5.41, 5.74) is 1.32. The molecule has 10 heteroatoms. The number of benzene rings is 1. The molecule has 4 atom stereocenters. The molecule has 1 aromatic carbocycles. The Morgan fingerprint density at radius 1 is 1.17 bits per heavy atom. The van der Waals surface area contributed by atoms with Crippen LogP contribution < -0.4 is 5.32 Å². The quantitative estimate of drug-likeness (QED) is 0.701. The number of aromatic nitrogens is 4. The lowest BCUT2D eigenvalue weighted by atomic mass is 10.1. The van der Waals surface area contributed by atoms with Crippen LogP contribution in [0.4, 0.5) is 10.2 Å². The summed E-state index contributed by atoms with van der Waals surface area (Å²) in [4.78, 5) is 25.3. The third-order valence-electron chi connectivity index (χ3n) is 5.18. The second kappa shape index (κ2) is 7.08. The Labute approximate surface area is 171 Å². The fourth-order valence-electron chi connectivity index (χ4n) is 3.91. The number of halogens is 1. The van der Waals surface area contributed by atoms with E-state index in [4.69, 9.17) is 14.2 Å². The Morgan fingerprint density at radius 2 is 1.93 bits per heavy atom. The second-order valence-corrected chi connectivity index (χ2v) is 7.65. The van der Waals surface area contributed by atoms with Gasteiger partial charge in [-0.2, -0.15) is 0 Å². The highest BCUT2D eigenvalue weighted by molar-refractivity contribution is 6.06. The van der Waals surface area contributed by atoms with Crippen molar-refractivity contribution in [1.82, 2.24) is 19.5 Å². The van der Waals surface area contributed by atoms with E-state index in [0.29, 0.717) is 16.7 Å². The van der Waals surface area contributed by atoms with E-state index in [9.17, 15) is 9.18 Å². The fraction of sp³-hybridized carbons (Fsp3) is 0.400. The summed E-state index contributed by atoms with van der Waals surface area (Å²) >= 11 is 0. The van der Waals surface area contributed by atoms with Crippen molar-refractivity contribution in [1.29, 1.82) is 0 Å². The summed E-state index contributed by atoms with van der Waals surface area (Å²) in [5, 5.41) is 2.76. The van der Waals surface area contributed by atoms with Crippen LogP contribution in [0.25, 0.3) is 11.2 Å². The summed E-state index contributed by atoms with van der Waals surface area (Å²) in [6.45, 7) is 2.86. The molecular weight excluding hydrogens is 393 g/mol. The molecule has 156 valence electrons. The van der Waals surface area contributed by atoms with Gasteiger partial charge in [0, 0.05) is 5.56 Å². The number of alkyl halides is 1. The van der Waals surface area contributed by atoms with Crippen molar-refractivity contribution in [2.45, 2.75) is 44.2 Å². The van der Waals surface area contributed by atoms with Crippen molar-refractivity contribution < 1.29 is 23.4 Å². The van der Waals surface area contributed by atoms with Gasteiger partial charge in [0.15, 0.2) is 29.0 Å². The number of hydrogen-bond acceptors (Lipinski definition) is 7. The van der Waals surface area contributed by atoms with E-state index in [1.54, 1.807) is 42.7 Å². The highest BCUT2D eigenvalue weighted by atomic mass is 19.1. The maximum Gasteiger partial charge on any atom is 0.256 e. The van der Waals surface area contributed by atoms with Gasteiger partial charge in [0.1, 0.15) is 31.3 Å². The molecule has 3 aromatic rings. The van der Waals surface area contributed by atoms with Crippen molar-refractivity contribution in [3.63, 3.8) is 0 Å². The largest absolute Gasteiger partial charge is 0.346 e. The third kappa shape index (κ3) is 3.13. The van der Waals surface area contributed by atoms with Crippen molar-refractivity contribution in [2.24, 2.45) is 0 Å². The van der Waals surface area contributed by atoms with E-state index < -0.39 is 37.0 Å². The maximum absolute atomic E-state index is 13.5. The number of amides is 1. The number of imidazole rings is 1. The van der Waals surface area contributed by atoms with Crippen LogP contribution in [-0.2, 0) is 14.2 Å². The van der Waals surface area contributed by atoms with Crippen LogP contribution in [0.3, 0.4) is 0 Å². The monoisotopic (exact) mass is 413 g/mol. The minimum absolute atomic E-state index is 0.271. The Hall–Kier alpha value is -2.95. The fourth-order valence-corrected chi connectivity index (χ4v) is 3.91.